The van der Waals surface area contributed by atoms with Gasteiger partial charge in [0.05, 0.1) is 29.1 Å². The topological polar surface area (TPSA) is 75.3 Å². The van der Waals surface area contributed by atoms with Crippen LogP contribution in [0.1, 0.15) is 31.1 Å². The number of ether oxygens (including phenoxy) is 2. The third kappa shape index (κ3) is 3.14. The number of halogens is 1. The van der Waals surface area contributed by atoms with Gasteiger partial charge < -0.3 is 25.4 Å². The van der Waals surface area contributed by atoms with Crippen molar-refractivity contribution in [2.24, 2.45) is 4.99 Å². The van der Waals surface area contributed by atoms with Crippen LogP contribution in [-0.4, -0.2) is 48.9 Å². The van der Waals surface area contributed by atoms with Crippen molar-refractivity contribution in [2.75, 3.05) is 30.3 Å². The molecule has 0 bridgehead atoms. The maximum atomic E-state index is 15.1. The predicted molar refractivity (Wildman–Crippen MR) is 138 cm³/mol. The number of aliphatic imine (C=N–C) groups is 1. The summed E-state index contributed by atoms with van der Waals surface area (Å²) in [7, 11) is 0. The Balaban J connectivity index is 1.50. The summed E-state index contributed by atoms with van der Waals surface area (Å²) in [6, 6.07) is 17.3. The molecule has 4 aliphatic rings. The summed E-state index contributed by atoms with van der Waals surface area (Å²) in [4.78, 5) is 9.63. The number of piperazine rings is 1. The van der Waals surface area contributed by atoms with Crippen molar-refractivity contribution < 1.29 is 13.9 Å². The zero-order chi connectivity index (χ0) is 24.6. The largest absolute Gasteiger partial charge is 0.491 e. The molecule has 36 heavy (non-hydrogen) atoms. The predicted octanol–water partition coefficient (Wildman–Crippen LogP) is 4.40. The molecular weight excluding hydrogens is 457 g/mol. The minimum atomic E-state index is -0.539. The standard InChI is InChI=1S/C28H28FN5O2/c1-15-13-33-18(12-31-15)14-35-24-11-17(25-20(29)7-5-8-21(25)30)10-23-26(24)27(33)32-28-34(23)22-9-4-3-6-19(22)16(2)36-28/h3-11,15-16,18,28,31H,12-14,30H2,1-2H3/t15-,16?,18+,28?/m1/s1. The number of nitrogen functional groups attached to an aromatic ring is 1. The van der Waals surface area contributed by atoms with E-state index < -0.39 is 6.35 Å². The lowest BCUT2D eigenvalue weighted by Crippen LogP contribution is -2.59. The maximum Gasteiger partial charge on any atom is 0.235 e. The molecule has 184 valence electrons. The number of rotatable bonds is 1. The van der Waals surface area contributed by atoms with Gasteiger partial charge in [-0.25, -0.2) is 9.38 Å². The van der Waals surface area contributed by atoms with E-state index in [0.29, 0.717) is 35.2 Å². The Hall–Kier alpha value is -3.62. The Morgan fingerprint density at radius 1 is 1.06 bits per heavy atom. The Kier molecular flexibility index (Phi) is 4.78. The second kappa shape index (κ2) is 7.94. The molecule has 0 radical (unpaired) electrons. The Morgan fingerprint density at radius 2 is 1.92 bits per heavy atom. The maximum absolute atomic E-state index is 15.1. The number of fused-ring (bicyclic) bond motifs is 6. The highest BCUT2D eigenvalue weighted by Crippen LogP contribution is 2.49. The summed E-state index contributed by atoms with van der Waals surface area (Å²) in [6.07, 6.45) is -0.652. The number of nitrogens with zero attached hydrogens (tertiary/aromatic N) is 3. The first kappa shape index (κ1) is 21.6. The van der Waals surface area contributed by atoms with Gasteiger partial charge in [0.25, 0.3) is 0 Å². The van der Waals surface area contributed by atoms with Crippen molar-refractivity contribution in [1.82, 2.24) is 10.2 Å². The molecule has 0 aromatic heterocycles. The molecule has 1 saturated heterocycles. The molecule has 0 aliphatic carbocycles. The quantitative estimate of drug-likeness (QED) is 0.498. The van der Waals surface area contributed by atoms with E-state index in [1.807, 2.05) is 24.3 Å². The molecule has 4 atom stereocenters. The van der Waals surface area contributed by atoms with Gasteiger partial charge in [0.1, 0.15) is 24.0 Å². The normalized spacial score (nSPS) is 26.0. The zero-order valence-corrected chi connectivity index (χ0v) is 20.2. The van der Waals surface area contributed by atoms with Crippen LogP contribution in [-0.2, 0) is 4.74 Å². The highest BCUT2D eigenvalue weighted by molar-refractivity contribution is 6.10. The van der Waals surface area contributed by atoms with E-state index in [0.717, 1.165) is 41.4 Å². The highest BCUT2D eigenvalue weighted by atomic mass is 19.1. The lowest BCUT2D eigenvalue weighted by atomic mass is 9.95. The summed E-state index contributed by atoms with van der Waals surface area (Å²) in [5.41, 5.74) is 11.6. The summed E-state index contributed by atoms with van der Waals surface area (Å²) in [6.45, 7) is 6.34. The third-order valence-electron chi connectivity index (χ3n) is 7.63. The minimum absolute atomic E-state index is 0.113. The summed E-state index contributed by atoms with van der Waals surface area (Å²) in [5.74, 6) is 1.19. The Labute approximate surface area is 209 Å². The molecule has 3 N–H and O–H groups in total. The minimum Gasteiger partial charge on any atom is -0.491 e. The number of para-hydroxylation sites is 1. The van der Waals surface area contributed by atoms with Crippen molar-refractivity contribution in [3.8, 4) is 16.9 Å². The van der Waals surface area contributed by atoms with Crippen LogP contribution in [0.2, 0.25) is 0 Å². The van der Waals surface area contributed by atoms with E-state index in [4.69, 9.17) is 20.2 Å². The van der Waals surface area contributed by atoms with Crippen LogP contribution in [0.15, 0.2) is 59.6 Å². The van der Waals surface area contributed by atoms with E-state index in [9.17, 15) is 0 Å². The number of hydrogen-bond donors (Lipinski definition) is 2. The molecule has 4 heterocycles. The van der Waals surface area contributed by atoms with Crippen molar-refractivity contribution in [3.05, 3.63) is 71.5 Å². The van der Waals surface area contributed by atoms with Gasteiger partial charge in [-0.1, -0.05) is 24.3 Å². The first-order valence-corrected chi connectivity index (χ1v) is 12.5. The fourth-order valence-electron chi connectivity index (χ4n) is 5.88. The van der Waals surface area contributed by atoms with Crippen LogP contribution in [0, 0.1) is 5.82 Å². The fourth-order valence-corrected chi connectivity index (χ4v) is 5.88. The molecule has 1 fully saturated rings. The first-order valence-electron chi connectivity index (χ1n) is 12.5. The SMILES string of the molecule is CC1OC2N=C3c4c(cc(-c5c(N)cccc5F)cc4N2c2ccccc21)OC[C@@H]1CN[C@H](C)CN31. The smallest absolute Gasteiger partial charge is 0.235 e. The average molecular weight is 486 g/mol. The van der Waals surface area contributed by atoms with E-state index in [1.54, 1.807) is 12.1 Å². The summed E-state index contributed by atoms with van der Waals surface area (Å²) < 4.78 is 28.0. The van der Waals surface area contributed by atoms with Gasteiger partial charge in [-0.3, -0.25) is 4.90 Å². The van der Waals surface area contributed by atoms with Crippen LogP contribution in [0.4, 0.5) is 21.5 Å². The second-order valence-electron chi connectivity index (χ2n) is 9.99. The zero-order valence-electron chi connectivity index (χ0n) is 20.2. The van der Waals surface area contributed by atoms with E-state index in [-0.39, 0.29) is 18.0 Å². The first-order chi connectivity index (χ1) is 17.5. The summed E-state index contributed by atoms with van der Waals surface area (Å²) >= 11 is 0. The highest BCUT2D eigenvalue weighted by Gasteiger charge is 2.43. The molecule has 8 heteroatoms. The fraction of sp³-hybridized carbons (Fsp3) is 0.321. The van der Waals surface area contributed by atoms with Gasteiger partial charge in [-0.2, -0.15) is 0 Å². The molecule has 7 nitrogen and oxygen atoms in total. The van der Waals surface area contributed by atoms with Gasteiger partial charge in [0, 0.05) is 35.9 Å². The van der Waals surface area contributed by atoms with Gasteiger partial charge >= 0.3 is 0 Å². The van der Waals surface area contributed by atoms with Crippen LogP contribution < -0.4 is 20.7 Å². The lowest BCUT2D eigenvalue weighted by Gasteiger charge is -2.46. The molecule has 3 aromatic carbocycles. The van der Waals surface area contributed by atoms with Crippen molar-refractivity contribution in [2.45, 2.75) is 38.4 Å². The monoisotopic (exact) mass is 485 g/mol. The van der Waals surface area contributed by atoms with Crippen molar-refractivity contribution >= 4 is 22.9 Å². The second-order valence-corrected chi connectivity index (χ2v) is 9.99. The molecule has 2 unspecified atom stereocenters. The molecule has 7 rings (SSSR count). The number of nitrogens with one attached hydrogen (secondary N) is 1. The third-order valence-corrected chi connectivity index (χ3v) is 7.63. The molecular formula is C28H28FN5O2. The van der Waals surface area contributed by atoms with Gasteiger partial charge in [-0.05, 0) is 49.7 Å². The van der Waals surface area contributed by atoms with Gasteiger partial charge in [0.2, 0.25) is 6.35 Å². The lowest BCUT2D eigenvalue weighted by molar-refractivity contribution is -0.00542. The van der Waals surface area contributed by atoms with E-state index in [1.165, 1.54) is 6.07 Å². The molecule has 0 spiro atoms. The summed E-state index contributed by atoms with van der Waals surface area (Å²) in [5, 5.41) is 3.56. The van der Waals surface area contributed by atoms with Crippen molar-refractivity contribution in [3.63, 3.8) is 0 Å². The average Bonchev–Trinajstić information content (AvgIpc) is 3.01. The number of nitrogens with two attached hydrogens (primary N) is 1. The van der Waals surface area contributed by atoms with Crippen LogP contribution in [0.3, 0.4) is 0 Å². The number of benzene rings is 3. The van der Waals surface area contributed by atoms with E-state index in [2.05, 4.69) is 41.1 Å². The number of amidine groups is 1. The Morgan fingerprint density at radius 3 is 2.78 bits per heavy atom. The Bertz CT molecular complexity index is 1390. The van der Waals surface area contributed by atoms with Gasteiger partial charge in [0.15, 0.2) is 0 Å². The van der Waals surface area contributed by atoms with Gasteiger partial charge in [-0.15, -0.1) is 0 Å². The molecule has 0 amide bonds. The molecule has 0 saturated carbocycles. The van der Waals surface area contributed by atoms with Crippen LogP contribution >= 0.6 is 0 Å². The number of anilines is 3. The number of hydrogen-bond acceptors (Lipinski definition) is 7. The molecule has 3 aromatic rings. The van der Waals surface area contributed by atoms with Crippen molar-refractivity contribution in [1.29, 1.82) is 0 Å². The van der Waals surface area contributed by atoms with Crippen LogP contribution in [0.5, 0.6) is 5.75 Å². The van der Waals surface area contributed by atoms with Crippen LogP contribution in [0.25, 0.3) is 11.1 Å². The van der Waals surface area contributed by atoms with E-state index >= 15 is 4.39 Å². The molecule has 4 aliphatic heterocycles.